The van der Waals surface area contributed by atoms with Gasteiger partial charge in [0.15, 0.2) is 5.82 Å². The highest BCUT2D eigenvalue weighted by molar-refractivity contribution is 9.10. The molecule has 0 fully saturated rings. The number of nitrogens with two attached hydrogens (primary N) is 2. The fraction of sp³-hybridized carbons (Fsp3) is 0.308. The van der Waals surface area contributed by atoms with E-state index in [1.54, 1.807) is 0 Å². The third-order valence-corrected chi connectivity index (χ3v) is 4.04. The van der Waals surface area contributed by atoms with Gasteiger partial charge < -0.3 is 11.6 Å². The Morgan fingerprint density at radius 1 is 1.32 bits per heavy atom. The van der Waals surface area contributed by atoms with Gasteiger partial charge in [-0.3, -0.25) is 0 Å². The van der Waals surface area contributed by atoms with Crippen molar-refractivity contribution in [3.05, 3.63) is 33.5 Å². The molecule has 0 aliphatic heterocycles. The second-order valence-corrected chi connectivity index (χ2v) is 6.68. The first-order chi connectivity index (χ1) is 8.71. The van der Waals surface area contributed by atoms with Gasteiger partial charge in [-0.25, -0.2) is 9.66 Å². The molecule has 0 unspecified atom stereocenters. The molecule has 0 atom stereocenters. The van der Waals surface area contributed by atoms with Gasteiger partial charge >= 0.3 is 0 Å². The highest BCUT2D eigenvalue weighted by Gasteiger charge is 2.24. The second kappa shape index (κ2) is 4.72. The molecular weight excluding hydrogens is 328 g/mol. The van der Waals surface area contributed by atoms with E-state index < -0.39 is 0 Å². The second-order valence-electron chi connectivity index (χ2n) is 5.42. The zero-order chi connectivity index (χ0) is 14.4. The zero-order valence-electron chi connectivity index (χ0n) is 11.0. The van der Waals surface area contributed by atoms with Gasteiger partial charge in [0.2, 0.25) is 0 Å². The molecule has 4 nitrogen and oxygen atoms in total. The number of halogens is 2. The minimum atomic E-state index is -0.180. The standard InChI is InChI=1S/C13H16BrClN4/c1-13(2,3)12-18-10(11(16)19(12)17)7-4-5-8(14)9(15)6-7/h4-6H,16-17H2,1-3H3. The summed E-state index contributed by atoms with van der Waals surface area (Å²) < 4.78 is 2.27. The lowest BCUT2D eigenvalue weighted by molar-refractivity contribution is 0.532. The van der Waals surface area contributed by atoms with Crippen LogP contribution in [-0.4, -0.2) is 9.66 Å². The van der Waals surface area contributed by atoms with Gasteiger partial charge in [0.25, 0.3) is 0 Å². The third-order valence-electron chi connectivity index (χ3n) is 2.81. The van der Waals surface area contributed by atoms with Crippen LogP contribution in [0.4, 0.5) is 5.82 Å². The summed E-state index contributed by atoms with van der Waals surface area (Å²) in [5, 5.41) is 0.612. The highest BCUT2D eigenvalue weighted by Crippen LogP contribution is 2.33. The van der Waals surface area contributed by atoms with E-state index in [1.807, 2.05) is 39.0 Å². The molecule has 102 valence electrons. The van der Waals surface area contributed by atoms with Crippen molar-refractivity contribution in [3.8, 4) is 11.3 Å². The van der Waals surface area contributed by atoms with E-state index in [4.69, 9.17) is 23.2 Å². The van der Waals surface area contributed by atoms with Gasteiger partial charge in [0.1, 0.15) is 11.5 Å². The van der Waals surface area contributed by atoms with Crippen LogP contribution in [0.5, 0.6) is 0 Å². The van der Waals surface area contributed by atoms with Crippen molar-refractivity contribution in [1.82, 2.24) is 9.66 Å². The number of hydrogen-bond acceptors (Lipinski definition) is 3. The lowest BCUT2D eigenvalue weighted by Crippen LogP contribution is -2.24. The normalized spacial score (nSPS) is 11.8. The number of aromatic nitrogens is 2. The molecule has 1 aromatic carbocycles. The summed E-state index contributed by atoms with van der Waals surface area (Å²) in [5.74, 6) is 7.15. The summed E-state index contributed by atoms with van der Waals surface area (Å²) in [6.07, 6.45) is 0. The van der Waals surface area contributed by atoms with Crippen LogP contribution in [0.1, 0.15) is 26.6 Å². The number of anilines is 1. The summed E-state index contributed by atoms with van der Waals surface area (Å²) in [7, 11) is 0. The molecule has 0 radical (unpaired) electrons. The summed E-state index contributed by atoms with van der Waals surface area (Å²) in [4.78, 5) is 4.56. The monoisotopic (exact) mass is 342 g/mol. The Kier molecular flexibility index (Phi) is 3.53. The maximum Gasteiger partial charge on any atom is 0.150 e. The van der Waals surface area contributed by atoms with E-state index in [0.717, 1.165) is 15.9 Å². The van der Waals surface area contributed by atoms with Crippen molar-refractivity contribution in [2.45, 2.75) is 26.2 Å². The third kappa shape index (κ3) is 2.58. The number of hydrogen-bond donors (Lipinski definition) is 2. The van der Waals surface area contributed by atoms with Crippen LogP contribution in [0.2, 0.25) is 5.02 Å². The van der Waals surface area contributed by atoms with E-state index in [2.05, 4.69) is 20.9 Å². The van der Waals surface area contributed by atoms with Crippen LogP contribution < -0.4 is 11.6 Å². The van der Waals surface area contributed by atoms with Crippen molar-refractivity contribution in [2.75, 3.05) is 11.6 Å². The van der Waals surface area contributed by atoms with Gasteiger partial charge in [-0.2, -0.15) is 0 Å². The van der Waals surface area contributed by atoms with Crippen molar-refractivity contribution in [1.29, 1.82) is 0 Å². The number of nitrogen functional groups attached to an aromatic ring is 2. The molecule has 0 bridgehead atoms. The molecule has 1 heterocycles. The van der Waals surface area contributed by atoms with Crippen LogP contribution >= 0.6 is 27.5 Å². The minimum Gasteiger partial charge on any atom is -0.382 e. The van der Waals surface area contributed by atoms with Crippen molar-refractivity contribution < 1.29 is 0 Å². The van der Waals surface area contributed by atoms with E-state index >= 15 is 0 Å². The Balaban J connectivity index is 2.60. The van der Waals surface area contributed by atoms with Gasteiger partial charge in [0, 0.05) is 15.5 Å². The molecule has 6 heteroatoms. The molecule has 0 aliphatic carbocycles. The van der Waals surface area contributed by atoms with E-state index in [-0.39, 0.29) is 5.41 Å². The maximum absolute atomic E-state index is 6.10. The summed E-state index contributed by atoms with van der Waals surface area (Å²) in [6, 6.07) is 5.58. The number of benzene rings is 1. The molecule has 0 spiro atoms. The van der Waals surface area contributed by atoms with Gasteiger partial charge in [-0.15, -0.1) is 0 Å². The molecular formula is C13H16BrClN4. The molecule has 0 amide bonds. The lowest BCUT2D eigenvalue weighted by atomic mass is 9.96. The maximum atomic E-state index is 6.10. The molecule has 4 N–H and O–H groups in total. The quantitative estimate of drug-likeness (QED) is 0.778. The Bertz CT molecular complexity index is 628. The molecule has 0 saturated heterocycles. The van der Waals surface area contributed by atoms with Gasteiger partial charge in [-0.05, 0) is 28.1 Å². The molecule has 1 aromatic heterocycles. The van der Waals surface area contributed by atoms with Gasteiger partial charge in [-0.1, -0.05) is 38.4 Å². The predicted molar refractivity (Wildman–Crippen MR) is 83.6 cm³/mol. The Labute approximate surface area is 125 Å². The molecule has 2 aromatic rings. The number of imidazole rings is 1. The Morgan fingerprint density at radius 2 is 1.95 bits per heavy atom. The van der Waals surface area contributed by atoms with Crippen molar-refractivity contribution >= 4 is 33.3 Å². The van der Waals surface area contributed by atoms with Crippen LogP contribution in [0.25, 0.3) is 11.3 Å². The zero-order valence-corrected chi connectivity index (χ0v) is 13.4. The summed E-state index contributed by atoms with van der Waals surface area (Å²) >= 11 is 9.46. The first-order valence-electron chi connectivity index (χ1n) is 5.81. The average Bonchev–Trinajstić information content (AvgIpc) is 2.60. The fourth-order valence-electron chi connectivity index (χ4n) is 1.83. The first-order valence-corrected chi connectivity index (χ1v) is 6.98. The van der Waals surface area contributed by atoms with Crippen LogP contribution in [0.3, 0.4) is 0 Å². The van der Waals surface area contributed by atoms with Gasteiger partial charge in [0.05, 0.1) is 5.02 Å². The molecule has 0 aliphatic rings. The number of nitrogens with zero attached hydrogens (tertiary/aromatic N) is 2. The van der Waals surface area contributed by atoms with Crippen molar-refractivity contribution in [2.24, 2.45) is 0 Å². The Morgan fingerprint density at radius 3 is 2.42 bits per heavy atom. The average molecular weight is 344 g/mol. The first kappa shape index (κ1) is 14.2. The minimum absolute atomic E-state index is 0.180. The predicted octanol–water partition coefficient (Wildman–Crippen LogP) is 3.56. The summed E-state index contributed by atoms with van der Waals surface area (Å²) in [6.45, 7) is 6.11. The summed E-state index contributed by atoms with van der Waals surface area (Å²) in [5.41, 5.74) is 7.36. The van der Waals surface area contributed by atoms with Crippen LogP contribution in [0.15, 0.2) is 22.7 Å². The van der Waals surface area contributed by atoms with Crippen LogP contribution in [0, 0.1) is 0 Å². The molecule has 19 heavy (non-hydrogen) atoms. The fourth-order valence-corrected chi connectivity index (χ4v) is 2.26. The molecule has 0 saturated carbocycles. The van der Waals surface area contributed by atoms with Crippen molar-refractivity contribution in [3.63, 3.8) is 0 Å². The largest absolute Gasteiger partial charge is 0.382 e. The lowest BCUT2D eigenvalue weighted by Gasteiger charge is -2.17. The van der Waals surface area contributed by atoms with E-state index in [1.165, 1.54) is 4.68 Å². The highest BCUT2D eigenvalue weighted by atomic mass is 79.9. The Hall–Kier alpha value is -1.20. The van der Waals surface area contributed by atoms with Crippen LogP contribution in [-0.2, 0) is 5.41 Å². The SMILES string of the molecule is CC(C)(C)c1nc(-c2ccc(Br)c(Cl)c2)c(N)n1N. The topological polar surface area (TPSA) is 69.9 Å². The smallest absolute Gasteiger partial charge is 0.150 e. The van der Waals surface area contributed by atoms with E-state index in [0.29, 0.717) is 16.5 Å². The number of rotatable bonds is 1. The molecule has 2 rings (SSSR count). The van der Waals surface area contributed by atoms with E-state index in [9.17, 15) is 0 Å².